The molecule has 3 rings (SSSR count). The van der Waals surface area contributed by atoms with Crippen LogP contribution in [0.1, 0.15) is 44.7 Å². The summed E-state index contributed by atoms with van der Waals surface area (Å²) in [6.07, 6.45) is 3.70. The van der Waals surface area contributed by atoms with Crippen LogP contribution in [-0.4, -0.2) is 56.3 Å². The summed E-state index contributed by atoms with van der Waals surface area (Å²) in [4.78, 5) is 7.22. The van der Waals surface area contributed by atoms with E-state index in [9.17, 15) is 0 Å². The summed E-state index contributed by atoms with van der Waals surface area (Å²) in [5, 5.41) is 6.85. The molecule has 0 spiro atoms. The minimum Gasteiger partial charge on any atom is -0.494 e. The molecule has 0 aromatic heterocycles. The molecule has 2 atom stereocenters. The first-order chi connectivity index (χ1) is 13.1. The average molecular weight is 502 g/mol. The van der Waals surface area contributed by atoms with Crippen LogP contribution in [0.4, 0.5) is 0 Å². The zero-order valence-corrected chi connectivity index (χ0v) is 19.9. The molecule has 0 saturated carbocycles. The molecule has 2 unspecified atom stereocenters. The standard InChI is InChI=1S/C21H34N4O2.HI/c1-5-22-21(24-14-18-8-7-9-25(18)4)23-13-17-12-20-16(10-15(3)27-20)11-19(17)26-6-2;/h11-12,15,18H,5-10,13-14H2,1-4H3,(H2,22,23,24);1H. The molecule has 1 fully saturated rings. The average Bonchev–Trinajstić information content (AvgIpc) is 3.21. The molecule has 6 nitrogen and oxygen atoms in total. The highest BCUT2D eigenvalue weighted by Crippen LogP contribution is 2.35. The Bertz CT molecular complexity index is 668. The summed E-state index contributed by atoms with van der Waals surface area (Å²) < 4.78 is 11.8. The third kappa shape index (κ3) is 5.89. The molecule has 2 aliphatic rings. The minimum absolute atomic E-state index is 0. The van der Waals surface area contributed by atoms with Crippen molar-refractivity contribution in [1.29, 1.82) is 0 Å². The van der Waals surface area contributed by atoms with Gasteiger partial charge in [-0.05, 0) is 59.3 Å². The van der Waals surface area contributed by atoms with Crippen molar-refractivity contribution >= 4 is 29.9 Å². The molecule has 0 amide bonds. The summed E-state index contributed by atoms with van der Waals surface area (Å²) in [5.74, 6) is 2.75. The lowest BCUT2D eigenvalue weighted by molar-refractivity contribution is 0.254. The van der Waals surface area contributed by atoms with E-state index in [-0.39, 0.29) is 30.1 Å². The molecular formula is C21H35IN4O2. The van der Waals surface area contributed by atoms with Gasteiger partial charge in [0.1, 0.15) is 17.6 Å². The van der Waals surface area contributed by atoms with E-state index in [2.05, 4.69) is 48.6 Å². The monoisotopic (exact) mass is 502 g/mol. The summed E-state index contributed by atoms with van der Waals surface area (Å²) in [5.41, 5.74) is 2.30. The van der Waals surface area contributed by atoms with Crippen molar-refractivity contribution in [2.45, 2.75) is 58.7 Å². The van der Waals surface area contributed by atoms with Gasteiger partial charge in [0, 0.05) is 36.7 Å². The van der Waals surface area contributed by atoms with Crippen LogP contribution in [-0.2, 0) is 13.0 Å². The molecular weight excluding hydrogens is 467 g/mol. The van der Waals surface area contributed by atoms with Crippen molar-refractivity contribution in [3.05, 3.63) is 23.3 Å². The highest BCUT2D eigenvalue weighted by molar-refractivity contribution is 14.0. The number of ether oxygens (including phenoxy) is 2. The van der Waals surface area contributed by atoms with Gasteiger partial charge >= 0.3 is 0 Å². The zero-order valence-electron chi connectivity index (χ0n) is 17.6. The number of halogens is 1. The molecule has 0 aliphatic carbocycles. The summed E-state index contributed by atoms with van der Waals surface area (Å²) in [6.45, 7) is 10.4. The summed E-state index contributed by atoms with van der Waals surface area (Å²) in [7, 11) is 2.20. The number of nitrogens with one attached hydrogen (secondary N) is 2. The molecule has 0 bridgehead atoms. The van der Waals surface area contributed by atoms with E-state index in [0.29, 0.717) is 19.2 Å². The van der Waals surface area contributed by atoms with Gasteiger partial charge in [-0.2, -0.15) is 0 Å². The number of benzene rings is 1. The fourth-order valence-corrected chi connectivity index (χ4v) is 3.85. The van der Waals surface area contributed by atoms with Crippen molar-refractivity contribution in [3.8, 4) is 11.5 Å². The topological polar surface area (TPSA) is 58.1 Å². The predicted octanol–water partition coefficient (Wildman–Crippen LogP) is 3.18. The van der Waals surface area contributed by atoms with E-state index in [0.717, 1.165) is 42.5 Å². The second kappa shape index (κ2) is 11.1. The van der Waals surface area contributed by atoms with Crippen LogP contribution >= 0.6 is 24.0 Å². The predicted molar refractivity (Wildman–Crippen MR) is 125 cm³/mol. The third-order valence-electron chi connectivity index (χ3n) is 5.31. The van der Waals surface area contributed by atoms with Gasteiger partial charge in [-0.1, -0.05) is 0 Å². The van der Waals surface area contributed by atoms with Gasteiger partial charge in [-0.25, -0.2) is 4.99 Å². The normalized spacial score (nSPS) is 21.6. The third-order valence-corrected chi connectivity index (χ3v) is 5.31. The lowest BCUT2D eigenvalue weighted by Crippen LogP contribution is -2.44. The summed E-state index contributed by atoms with van der Waals surface area (Å²) in [6, 6.07) is 4.81. The van der Waals surface area contributed by atoms with E-state index in [1.54, 1.807) is 0 Å². The van der Waals surface area contributed by atoms with Gasteiger partial charge in [-0.15, -0.1) is 24.0 Å². The molecule has 7 heteroatoms. The quantitative estimate of drug-likeness (QED) is 0.341. The lowest BCUT2D eigenvalue weighted by atomic mass is 10.1. The van der Waals surface area contributed by atoms with Gasteiger partial charge in [0.2, 0.25) is 0 Å². The Balaban J connectivity index is 0.00000280. The second-order valence-corrected chi connectivity index (χ2v) is 7.49. The van der Waals surface area contributed by atoms with Crippen molar-refractivity contribution in [1.82, 2.24) is 15.5 Å². The van der Waals surface area contributed by atoms with Crippen LogP contribution in [0.2, 0.25) is 0 Å². The minimum atomic E-state index is 0. The Morgan fingerprint density at radius 1 is 1.32 bits per heavy atom. The number of nitrogens with zero attached hydrogens (tertiary/aromatic N) is 2. The Kier molecular flexibility index (Phi) is 9.14. The van der Waals surface area contributed by atoms with Gasteiger partial charge in [0.15, 0.2) is 5.96 Å². The molecule has 0 radical (unpaired) electrons. The first kappa shape index (κ1) is 23.1. The molecule has 2 heterocycles. The van der Waals surface area contributed by atoms with Crippen LogP contribution in [0.3, 0.4) is 0 Å². The number of fused-ring (bicyclic) bond motifs is 1. The van der Waals surface area contributed by atoms with Crippen molar-refractivity contribution in [3.63, 3.8) is 0 Å². The number of aliphatic imine (C=N–C) groups is 1. The van der Waals surface area contributed by atoms with E-state index in [4.69, 9.17) is 14.5 Å². The highest BCUT2D eigenvalue weighted by Gasteiger charge is 2.22. The lowest BCUT2D eigenvalue weighted by Gasteiger charge is -2.21. The Labute approximate surface area is 186 Å². The zero-order chi connectivity index (χ0) is 19.2. The Hall–Kier alpha value is -1.22. The van der Waals surface area contributed by atoms with E-state index in [1.165, 1.54) is 24.9 Å². The number of hydrogen-bond donors (Lipinski definition) is 2. The Morgan fingerprint density at radius 2 is 2.14 bits per heavy atom. The molecule has 1 aromatic carbocycles. The Morgan fingerprint density at radius 3 is 2.82 bits per heavy atom. The maximum Gasteiger partial charge on any atom is 0.191 e. The molecule has 28 heavy (non-hydrogen) atoms. The number of guanidine groups is 1. The number of hydrogen-bond acceptors (Lipinski definition) is 4. The first-order valence-electron chi connectivity index (χ1n) is 10.3. The first-order valence-corrected chi connectivity index (χ1v) is 10.3. The van der Waals surface area contributed by atoms with Crippen LogP contribution in [0.5, 0.6) is 11.5 Å². The largest absolute Gasteiger partial charge is 0.494 e. The molecule has 1 saturated heterocycles. The van der Waals surface area contributed by atoms with E-state index >= 15 is 0 Å². The second-order valence-electron chi connectivity index (χ2n) is 7.49. The van der Waals surface area contributed by atoms with Gasteiger partial charge < -0.3 is 25.0 Å². The van der Waals surface area contributed by atoms with Crippen molar-refractivity contribution in [2.75, 3.05) is 33.3 Å². The smallest absolute Gasteiger partial charge is 0.191 e. The molecule has 2 N–H and O–H groups in total. The number of likely N-dealkylation sites (tertiary alicyclic amines) is 1. The van der Waals surface area contributed by atoms with E-state index < -0.39 is 0 Å². The van der Waals surface area contributed by atoms with Gasteiger partial charge in [-0.3, -0.25) is 0 Å². The van der Waals surface area contributed by atoms with Gasteiger partial charge in [0.05, 0.1) is 13.2 Å². The summed E-state index contributed by atoms with van der Waals surface area (Å²) >= 11 is 0. The number of rotatable bonds is 7. The van der Waals surface area contributed by atoms with Crippen LogP contribution < -0.4 is 20.1 Å². The maximum atomic E-state index is 5.92. The highest BCUT2D eigenvalue weighted by atomic mass is 127. The van der Waals surface area contributed by atoms with Crippen molar-refractivity contribution in [2.24, 2.45) is 4.99 Å². The van der Waals surface area contributed by atoms with Crippen LogP contribution in [0.25, 0.3) is 0 Å². The molecule has 2 aliphatic heterocycles. The van der Waals surface area contributed by atoms with Crippen molar-refractivity contribution < 1.29 is 9.47 Å². The van der Waals surface area contributed by atoms with Crippen LogP contribution in [0.15, 0.2) is 17.1 Å². The molecule has 1 aromatic rings. The van der Waals surface area contributed by atoms with E-state index in [1.807, 2.05) is 6.92 Å². The van der Waals surface area contributed by atoms with Crippen LogP contribution in [0, 0.1) is 0 Å². The number of likely N-dealkylation sites (N-methyl/N-ethyl adjacent to an activating group) is 1. The fourth-order valence-electron chi connectivity index (χ4n) is 3.85. The maximum absolute atomic E-state index is 5.92. The SMILES string of the molecule is CCNC(=NCc1cc2c(cc1OCC)CC(C)O2)NCC1CCCN1C.I. The fraction of sp³-hybridized carbons (Fsp3) is 0.667. The van der Waals surface area contributed by atoms with Gasteiger partial charge in [0.25, 0.3) is 0 Å². The molecule has 158 valence electrons.